The summed E-state index contributed by atoms with van der Waals surface area (Å²) >= 11 is 0. The zero-order valence-corrected chi connectivity index (χ0v) is 16.3. The van der Waals surface area contributed by atoms with Gasteiger partial charge in [0.15, 0.2) is 0 Å². The zero-order chi connectivity index (χ0) is 19.1. The quantitative estimate of drug-likeness (QED) is 0.756. The van der Waals surface area contributed by atoms with Crippen molar-refractivity contribution < 1.29 is 9.59 Å². The predicted octanol–water partition coefficient (Wildman–Crippen LogP) is 1.23. The molecule has 0 radical (unpaired) electrons. The minimum Gasteiger partial charge on any atom is -0.355 e. The van der Waals surface area contributed by atoms with Crippen LogP contribution in [0.4, 0.5) is 0 Å². The number of benzene rings is 1. The fourth-order valence-electron chi connectivity index (χ4n) is 3.88. The van der Waals surface area contributed by atoms with Gasteiger partial charge < -0.3 is 15.5 Å². The summed E-state index contributed by atoms with van der Waals surface area (Å²) in [6.07, 6.45) is 2.70. The molecule has 0 spiro atoms. The summed E-state index contributed by atoms with van der Waals surface area (Å²) in [4.78, 5) is 29.3. The van der Waals surface area contributed by atoms with Crippen LogP contribution in [0, 0.1) is 5.92 Å². The number of hydrogen-bond acceptors (Lipinski definition) is 4. The number of nitrogens with one attached hydrogen (secondary N) is 2. The van der Waals surface area contributed by atoms with E-state index in [2.05, 4.69) is 39.5 Å². The van der Waals surface area contributed by atoms with E-state index in [0.717, 1.165) is 37.7 Å². The number of piperidine rings is 1. The second kappa shape index (κ2) is 9.85. The molecule has 2 saturated heterocycles. The van der Waals surface area contributed by atoms with Crippen LogP contribution in [0.1, 0.15) is 31.7 Å². The molecule has 2 fully saturated rings. The Morgan fingerprint density at radius 2 is 1.93 bits per heavy atom. The van der Waals surface area contributed by atoms with E-state index in [4.69, 9.17) is 0 Å². The smallest absolute Gasteiger partial charge is 0.237 e. The second-order valence-electron chi connectivity index (χ2n) is 7.84. The van der Waals surface area contributed by atoms with Crippen LogP contribution in [0.5, 0.6) is 0 Å². The molecule has 0 saturated carbocycles. The summed E-state index contributed by atoms with van der Waals surface area (Å²) in [5, 5.41) is 5.90. The highest BCUT2D eigenvalue weighted by Gasteiger charge is 2.31. The average Bonchev–Trinajstić information content (AvgIpc) is 2.67. The number of nitrogens with zero attached hydrogens (tertiary/aromatic N) is 2. The minimum atomic E-state index is -0.394. The van der Waals surface area contributed by atoms with Crippen LogP contribution in [-0.2, 0) is 16.1 Å². The molecule has 148 valence electrons. The van der Waals surface area contributed by atoms with Gasteiger partial charge in [0.25, 0.3) is 0 Å². The van der Waals surface area contributed by atoms with Crippen molar-refractivity contribution in [1.29, 1.82) is 0 Å². The van der Waals surface area contributed by atoms with E-state index >= 15 is 0 Å². The van der Waals surface area contributed by atoms with Crippen LogP contribution in [0.3, 0.4) is 0 Å². The molecule has 1 aromatic carbocycles. The van der Waals surface area contributed by atoms with Crippen LogP contribution in [0.25, 0.3) is 0 Å². The van der Waals surface area contributed by atoms with E-state index < -0.39 is 6.04 Å². The third-order valence-electron chi connectivity index (χ3n) is 5.68. The fourth-order valence-corrected chi connectivity index (χ4v) is 3.88. The van der Waals surface area contributed by atoms with Gasteiger partial charge in [0.05, 0.1) is 12.5 Å². The molecule has 0 aliphatic carbocycles. The lowest BCUT2D eigenvalue weighted by Crippen LogP contribution is -2.56. The molecule has 27 heavy (non-hydrogen) atoms. The zero-order valence-electron chi connectivity index (χ0n) is 16.3. The Morgan fingerprint density at radius 1 is 1.19 bits per heavy atom. The van der Waals surface area contributed by atoms with Crippen molar-refractivity contribution in [2.24, 2.45) is 5.92 Å². The van der Waals surface area contributed by atoms with E-state index in [1.807, 2.05) is 18.2 Å². The third-order valence-corrected chi connectivity index (χ3v) is 5.68. The lowest BCUT2D eigenvalue weighted by atomic mass is 9.99. The molecule has 1 aromatic rings. The Hall–Kier alpha value is -1.92. The number of piperazine rings is 1. The molecule has 2 amide bonds. The molecule has 6 heteroatoms. The highest BCUT2D eigenvalue weighted by molar-refractivity contribution is 5.88. The van der Waals surface area contributed by atoms with E-state index in [9.17, 15) is 9.59 Å². The normalized spacial score (nSPS) is 22.4. The molecule has 0 aromatic heterocycles. The maximum absolute atomic E-state index is 12.4. The SMILES string of the molecule is CC1CCN(CCNC(=O)C[C@H]2C(=O)NCCN2Cc2ccccc2)CC1. The fraction of sp³-hybridized carbons (Fsp3) is 0.619. The summed E-state index contributed by atoms with van der Waals surface area (Å²) < 4.78 is 0. The van der Waals surface area contributed by atoms with Gasteiger partial charge in [-0.05, 0) is 37.4 Å². The molecule has 3 rings (SSSR count). The average molecular weight is 373 g/mol. The predicted molar refractivity (Wildman–Crippen MR) is 106 cm³/mol. The topological polar surface area (TPSA) is 64.7 Å². The first-order chi connectivity index (χ1) is 13.1. The van der Waals surface area contributed by atoms with Gasteiger partial charge in [-0.15, -0.1) is 0 Å². The molecule has 2 aliphatic heterocycles. The minimum absolute atomic E-state index is 0.0412. The van der Waals surface area contributed by atoms with Gasteiger partial charge in [-0.25, -0.2) is 0 Å². The van der Waals surface area contributed by atoms with Crippen LogP contribution in [0.15, 0.2) is 30.3 Å². The Kier molecular flexibility index (Phi) is 7.24. The molecular formula is C21H32N4O2. The van der Waals surface area contributed by atoms with Crippen molar-refractivity contribution in [3.63, 3.8) is 0 Å². The number of hydrogen-bond donors (Lipinski definition) is 2. The van der Waals surface area contributed by atoms with Crippen molar-refractivity contribution in [2.45, 2.75) is 38.8 Å². The monoisotopic (exact) mass is 372 g/mol. The van der Waals surface area contributed by atoms with Crippen LogP contribution in [-0.4, -0.2) is 66.9 Å². The van der Waals surface area contributed by atoms with Gasteiger partial charge in [0.2, 0.25) is 11.8 Å². The number of amides is 2. The van der Waals surface area contributed by atoms with Crippen LogP contribution >= 0.6 is 0 Å². The number of carbonyl (C=O) groups excluding carboxylic acids is 2. The van der Waals surface area contributed by atoms with E-state index in [1.165, 1.54) is 12.8 Å². The molecule has 2 N–H and O–H groups in total. The van der Waals surface area contributed by atoms with Gasteiger partial charge in [-0.3, -0.25) is 14.5 Å². The van der Waals surface area contributed by atoms with Gasteiger partial charge in [0, 0.05) is 32.7 Å². The first-order valence-electron chi connectivity index (χ1n) is 10.2. The van der Waals surface area contributed by atoms with Gasteiger partial charge >= 0.3 is 0 Å². The molecule has 0 unspecified atom stereocenters. The Balaban J connectivity index is 1.46. The lowest BCUT2D eigenvalue weighted by molar-refractivity contribution is -0.134. The third kappa shape index (κ3) is 6.04. The maximum atomic E-state index is 12.4. The maximum Gasteiger partial charge on any atom is 0.237 e. The lowest BCUT2D eigenvalue weighted by Gasteiger charge is -2.34. The van der Waals surface area contributed by atoms with Gasteiger partial charge in [0.1, 0.15) is 0 Å². The van der Waals surface area contributed by atoms with E-state index in [0.29, 0.717) is 19.6 Å². The molecule has 6 nitrogen and oxygen atoms in total. The van der Waals surface area contributed by atoms with Gasteiger partial charge in [-0.1, -0.05) is 37.3 Å². The van der Waals surface area contributed by atoms with Crippen molar-refractivity contribution in [3.8, 4) is 0 Å². The number of rotatable bonds is 7. The first kappa shape index (κ1) is 19.8. The highest BCUT2D eigenvalue weighted by atomic mass is 16.2. The highest BCUT2D eigenvalue weighted by Crippen LogP contribution is 2.16. The summed E-state index contributed by atoms with van der Waals surface area (Å²) in [5.41, 5.74) is 1.16. The van der Waals surface area contributed by atoms with Gasteiger partial charge in [-0.2, -0.15) is 0 Å². The largest absolute Gasteiger partial charge is 0.355 e. The number of likely N-dealkylation sites (tertiary alicyclic amines) is 1. The summed E-state index contributed by atoms with van der Waals surface area (Å²) in [6.45, 7) is 8.18. The van der Waals surface area contributed by atoms with E-state index in [1.54, 1.807) is 0 Å². The number of carbonyl (C=O) groups is 2. The Labute approximate surface area is 162 Å². The van der Waals surface area contributed by atoms with Crippen LogP contribution in [0.2, 0.25) is 0 Å². The van der Waals surface area contributed by atoms with Crippen molar-refractivity contribution >= 4 is 11.8 Å². The van der Waals surface area contributed by atoms with E-state index in [-0.39, 0.29) is 18.2 Å². The summed E-state index contributed by atoms with van der Waals surface area (Å²) in [5.74, 6) is 0.731. The standard InChI is InChI=1S/C21H32N4O2/c1-17-7-11-24(12-8-17)13-9-22-20(26)15-19-21(27)23-10-14-25(19)16-18-5-3-2-4-6-18/h2-6,17,19H,7-16H2,1H3,(H,22,26)(H,23,27)/t19-/m0/s1. The molecule has 0 bridgehead atoms. The van der Waals surface area contributed by atoms with Crippen molar-refractivity contribution in [3.05, 3.63) is 35.9 Å². The Morgan fingerprint density at radius 3 is 2.67 bits per heavy atom. The molecule has 1 atom stereocenters. The van der Waals surface area contributed by atoms with Crippen molar-refractivity contribution in [2.75, 3.05) is 39.3 Å². The summed E-state index contributed by atoms with van der Waals surface area (Å²) in [7, 11) is 0. The molecule has 2 heterocycles. The second-order valence-corrected chi connectivity index (χ2v) is 7.84. The van der Waals surface area contributed by atoms with Crippen LogP contribution < -0.4 is 10.6 Å². The molecular weight excluding hydrogens is 340 g/mol. The van der Waals surface area contributed by atoms with Crippen molar-refractivity contribution in [1.82, 2.24) is 20.4 Å². The summed E-state index contributed by atoms with van der Waals surface area (Å²) in [6, 6.07) is 9.71. The first-order valence-corrected chi connectivity index (χ1v) is 10.2. The Bertz CT molecular complexity index is 614. The molecule has 2 aliphatic rings.